The normalized spacial score (nSPS) is 10.6. The Hall–Kier alpha value is -1.81. The van der Waals surface area contributed by atoms with Crippen molar-refractivity contribution in [2.75, 3.05) is 23.7 Å². The van der Waals surface area contributed by atoms with Crippen molar-refractivity contribution in [2.24, 2.45) is 0 Å². The van der Waals surface area contributed by atoms with E-state index in [9.17, 15) is 0 Å². The van der Waals surface area contributed by atoms with Crippen LogP contribution in [0.1, 0.15) is 37.4 Å². The van der Waals surface area contributed by atoms with E-state index >= 15 is 0 Å². The van der Waals surface area contributed by atoms with Gasteiger partial charge in [0.25, 0.3) is 0 Å². The molecular weight excluding hydrogens is 308 g/mol. The molecule has 5 heteroatoms. The Balaban J connectivity index is 1.84. The Morgan fingerprint density at radius 1 is 1.00 bits per heavy atom. The van der Waals surface area contributed by atoms with Crippen molar-refractivity contribution in [2.45, 2.75) is 39.5 Å². The molecule has 4 nitrogen and oxygen atoms in total. The number of nitrogens with one attached hydrogen (secondary N) is 2. The van der Waals surface area contributed by atoms with E-state index in [1.54, 1.807) is 0 Å². The lowest BCUT2D eigenvalue weighted by atomic mass is 10.1. The molecular formula is C18H25ClN4. The summed E-state index contributed by atoms with van der Waals surface area (Å²) in [5.74, 6) is 1.57. The Morgan fingerprint density at radius 2 is 1.78 bits per heavy atom. The molecule has 2 N–H and O–H groups in total. The molecule has 1 aromatic heterocycles. The largest absolute Gasteiger partial charge is 0.370 e. The van der Waals surface area contributed by atoms with Gasteiger partial charge in [0.1, 0.15) is 5.82 Å². The summed E-state index contributed by atoms with van der Waals surface area (Å²) in [5, 5.41) is 7.43. The minimum atomic E-state index is 0.704. The van der Waals surface area contributed by atoms with Gasteiger partial charge in [-0.05, 0) is 37.5 Å². The predicted molar refractivity (Wildman–Crippen MR) is 98.4 cm³/mol. The summed E-state index contributed by atoms with van der Waals surface area (Å²) in [6.45, 7) is 5.93. The summed E-state index contributed by atoms with van der Waals surface area (Å²) in [4.78, 5) is 8.95. The lowest BCUT2D eigenvalue weighted by Gasteiger charge is -2.10. The first-order chi connectivity index (χ1) is 11.2. The minimum absolute atomic E-state index is 0.704. The van der Waals surface area contributed by atoms with Gasteiger partial charge >= 0.3 is 0 Å². The van der Waals surface area contributed by atoms with Crippen molar-refractivity contribution in [3.8, 4) is 0 Å². The Labute approximate surface area is 143 Å². The maximum Gasteiger partial charge on any atom is 0.224 e. The van der Waals surface area contributed by atoms with Crippen molar-refractivity contribution >= 4 is 23.4 Å². The first kappa shape index (κ1) is 17.5. The van der Waals surface area contributed by atoms with Crippen LogP contribution in [0.5, 0.6) is 0 Å². The Kier molecular flexibility index (Phi) is 7.14. The van der Waals surface area contributed by atoms with E-state index in [-0.39, 0.29) is 0 Å². The number of benzene rings is 1. The molecule has 0 saturated carbocycles. The van der Waals surface area contributed by atoms with Crippen LogP contribution in [0.15, 0.2) is 30.3 Å². The zero-order valence-corrected chi connectivity index (χ0v) is 14.7. The number of anilines is 2. The number of hydrogen-bond donors (Lipinski definition) is 2. The third-order valence-corrected chi connectivity index (χ3v) is 3.80. The van der Waals surface area contributed by atoms with Gasteiger partial charge < -0.3 is 10.6 Å². The maximum absolute atomic E-state index is 5.90. The predicted octanol–water partition coefficient (Wildman–Crippen LogP) is 4.70. The van der Waals surface area contributed by atoms with E-state index in [1.807, 2.05) is 25.1 Å². The van der Waals surface area contributed by atoms with Gasteiger partial charge in [0.15, 0.2) is 0 Å². The third kappa shape index (κ3) is 6.45. The standard InChI is InChI=1S/C18H25ClN4/c1-3-4-5-11-21-18-22-14(2)13-17(23-18)20-12-10-15-6-8-16(19)9-7-15/h6-9,13H,3-5,10-12H2,1-2H3,(H2,20,21,22,23). The van der Waals surface area contributed by atoms with Crippen LogP contribution in [0, 0.1) is 6.92 Å². The van der Waals surface area contributed by atoms with E-state index in [0.717, 1.165) is 42.5 Å². The molecule has 0 aliphatic heterocycles. The highest BCUT2D eigenvalue weighted by Crippen LogP contribution is 2.12. The molecule has 0 atom stereocenters. The minimum Gasteiger partial charge on any atom is -0.370 e. The molecule has 0 spiro atoms. The topological polar surface area (TPSA) is 49.8 Å². The summed E-state index contributed by atoms with van der Waals surface area (Å²) in [5.41, 5.74) is 2.22. The lowest BCUT2D eigenvalue weighted by Crippen LogP contribution is -2.10. The molecule has 124 valence electrons. The molecule has 0 bridgehead atoms. The van der Waals surface area contributed by atoms with Gasteiger partial charge in [0.05, 0.1) is 0 Å². The molecule has 0 fully saturated rings. The first-order valence-corrected chi connectivity index (χ1v) is 8.63. The molecule has 0 unspecified atom stereocenters. The van der Waals surface area contributed by atoms with Crippen LogP contribution in [0.3, 0.4) is 0 Å². The second-order valence-corrected chi connectivity index (χ2v) is 6.09. The lowest BCUT2D eigenvalue weighted by molar-refractivity contribution is 0.740. The number of halogens is 1. The van der Waals surface area contributed by atoms with Gasteiger partial charge in [-0.3, -0.25) is 0 Å². The summed E-state index contributed by atoms with van der Waals surface area (Å²) in [6.07, 6.45) is 4.52. The SMILES string of the molecule is CCCCCNc1nc(C)cc(NCCc2ccc(Cl)cc2)n1. The van der Waals surface area contributed by atoms with Crippen LogP contribution in [-0.2, 0) is 6.42 Å². The number of hydrogen-bond acceptors (Lipinski definition) is 4. The van der Waals surface area contributed by atoms with Crippen LogP contribution in [0.25, 0.3) is 0 Å². The number of aryl methyl sites for hydroxylation is 1. The fourth-order valence-electron chi connectivity index (χ4n) is 2.30. The summed E-state index contributed by atoms with van der Waals surface area (Å²) in [6, 6.07) is 9.92. The van der Waals surface area contributed by atoms with E-state index < -0.39 is 0 Å². The van der Waals surface area contributed by atoms with E-state index in [0.29, 0.717) is 5.95 Å². The molecule has 0 saturated heterocycles. The third-order valence-electron chi connectivity index (χ3n) is 3.55. The van der Waals surface area contributed by atoms with Gasteiger partial charge in [-0.2, -0.15) is 4.98 Å². The molecule has 0 aliphatic rings. The van der Waals surface area contributed by atoms with E-state index in [2.05, 4.69) is 39.7 Å². The summed E-state index contributed by atoms with van der Waals surface area (Å²) < 4.78 is 0. The molecule has 1 aromatic carbocycles. The highest BCUT2D eigenvalue weighted by atomic mass is 35.5. The average molecular weight is 333 g/mol. The maximum atomic E-state index is 5.90. The molecule has 0 amide bonds. The van der Waals surface area contributed by atoms with Gasteiger partial charge in [-0.25, -0.2) is 4.98 Å². The van der Waals surface area contributed by atoms with Crippen LogP contribution in [-0.4, -0.2) is 23.1 Å². The van der Waals surface area contributed by atoms with Gasteiger partial charge in [0.2, 0.25) is 5.95 Å². The highest BCUT2D eigenvalue weighted by molar-refractivity contribution is 6.30. The molecule has 2 rings (SSSR count). The molecule has 23 heavy (non-hydrogen) atoms. The van der Waals surface area contributed by atoms with Crippen molar-refractivity contribution in [1.29, 1.82) is 0 Å². The number of aromatic nitrogens is 2. The van der Waals surface area contributed by atoms with Crippen molar-refractivity contribution in [3.05, 3.63) is 46.6 Å². The van der Waals surface area contributed by atoms with Crippen molar-refractivity contribution < 1.29 is 0 Å². The fraction of sp³-hybridized carbons (Fsp3) is 0.444. The second kappa shape index (κ2) is 9.36. The highest BCUT2D eigenvalue weighted by Gasteiger charge is 2.02. The Morgan fingerprint density at radius 3 is 2.52 bits per heavy atom. The van der Waals surface area contributed by atoms with E-state index in [4.69, 9.17) is 11.6 Å². The van der Waals surface area contributed by atoms with Gasteiger partial charge in [-0.15, -0.1) is 0 Å². The Bertz CT molecular complexity index is 598. The smallest absolute Gasteiger partial charge is 0.224 e. The fourth-order valence-corrected chi connectivity index (χ4v) is 2.43. The molecule has 0 radical (unpaired) electrons. The van der Waals surface area contributed by atoms with Crippen molar-refractivity contribution in [3.63, 3.8) is 0 Å². The first-order valence-electron chi connectivity index (χ1n) is 8.25. The summed E-state index contributed by atoms with van der Waals surface area (Å²) >= 11 is 5.90. The zero-order valence-electron chi connectivity index (χ0n) is 13.9. The van der Waals surface area contributed by atoms with E-state index in [1.165, 1.54) is 18.4 Å². The molecule has 0 aliphatic carbocycles. The number of nitrogens with zero attached hydrogens (tertiary/aromatic N) is 2. The quantitative estimate of drug-likeness (QED) is 0.654. The summed E-state index contributed by atoms with van der Waals surface area (Å²) in [7, 11) is 0. The van der Waals surface area contributed by atoms with Gasteiger partial charge in [-0.1, -0.05) is 43.5 Å². The average Bonchev–Trinajstić information content (AvgIpc) is 2.53. The van der Waals surface area contributed by atoms with Crippen LogP contribution < -0.4 is 10.6 Å². The zero-order chi connectivity index (χ0) is 16.5. The van der Waals surface area contributed by atoms with Crippen LogP contribution >= 0.6 is 11.6 Å². The monoisotopic (exact) mass is 332 g/mol. The van der Waals surface area contributed by atoms with Gasteiger partial charge in [0, 0.05) is 29.9 Å². The van der Waals surface area contributed by atoms with Crippen molar-refractivity contribution in [1.82, 2.24) is 9.97 Å². The van der Waals surface area contributed by atoms with Crippen LogP contribution in [0.4, 0.5) is 11.8 Å². The number of rotatable bonds is 9. The molecule has 1 heterocycles. The molecule has 2 aromatic rings. The van der Waals surface area contributed by atoms with Crippen LogP contribution in [0.2, 0.25) is 5.02 Å². The number of unbranched alkanes of at least 4 members (excludes halogenated alkanes) is 2. The second-order valence-electron chi connectivity index (χ2n) is 5.66.